The minimum Gasteiger partial charge on any atom is -0.481 e. The van der Waals surface area contributed by atoms with E-state index in [0.717, 1.165) is 0 Å². The topological polar surface area (TPSA) is 174 Å². The van der Waals surface area contributed by atoms with Crippen molar-refractivity contribution in [2.45, 2.75) is 71.1 Å². The number of hydrogen-bond donors (Lipinski definition) is 5. The number of carbonyl (C=O) groups is 6. The molecule has 0 aromatic heterocycles. The lowest BCUT2D eigenvalue weighted by atomic mass is 10.1. The van der Waals surface area contributed by atoms with Crippen molar-refractivity contribution in [1.82, 2.24) is 26.2 Å². The monoisotopic (exact) mass is 441 g/mol. The molecule has 0 aliphatic carbocycles. The van der Waals surface area contributed by atoms with Gasteiger partial charge in [-0.2, -0.15) is 0 Å². The summed E-state index contributed by atoms with van der Waals surface area (Å²) < 4.78 is 0. The lowest BCUT2D eigenvalue weighted by molar-refractivity contribution is -0.146. The van der Waals surface area contributed by atoms with E-state index in [9.17, 15) is 28.8 Å². The summed E-state index contributed by atoms with van der Waals surface area (Å²) >= 11 is 0. The number of likely N-dealkylation sites (tertiary alicyclic amines) is 1. The van der Waals surface area contributed by atoms with E-state index in [4.69, 9.17) is 5.11 Å². The molecule has 1 aliphatic heterocycles. The SMILES string of the molecule is CCNC(=O)[C@H](C)NC(=O)[C@H](C)NC(=O)[C@@H]1CCCN1C(=O)[C@H](CC(=O)O)NC(C)=O. The molecule has 5 N–H and O–H groups in total. The number of carboxylic acids is 1. The second kappa shape index (κ2) is 11.9. The van der Waals surface area contributed by atoms with Gasteiger partial charge >= 0.3 is 5.97 Å². The van der Waals surface area contributed by atoms with Gasteiger partial charge in [0, 0.05) is 20.0 Å². The fraction of sp³-hybridized carbons (Fsp3) is 0.684. The Hall–Kier alpha value is -3.18. The zero-order chi connectivity index (χ0) is 23.7. The predicted molar refractivity (Wildman–Crippen MR) is 108 cm³/mol. The summed E-state index contributed by atoms with van der Waals surface area (Å²) in [6, 6.07) is -3.94. The van der Waals surface area contributed by atoms with E-state index in [1.54, 1.807) is 6.92 Å². The van der Waals surface area contributed by atoms with Crippen molar-refractivity contribution in [2.75, 3.05) is 13.1 Å². The average Bonchev–Trinajstić information content (AvgIpc) is 3.16. The van der Waals surface area contributed by atoms with Crippen LogP contribution >= 0.6 is 0 Å². The highest BCUT2D eigenvalue weighted by Crippen LogP contribution is 2.19. The summed E-state index contributed by atoms with van der Waals surface area (Å²) in [4.78, 5) is 73.1. The van der Waals surface area contributed by atoms with E-state index < -0.39 is 60.2 Å². The van der Waals surface area contributed by atoms with Gasteiger partial charge in [0.05, 0.1) is 6.42 Å². The summed E-state index contributed by atoms with van der Waals surface area (Å²) in [6.45, 7) is 6.51. The molecule has 0 radical (unpaired) electrons. The fourth-order valence-electron chi connectivity index (χ4n) is 3.23. The minimum atomic E-state index is -1.29. The highest BCUT2D eigenvalue weighted by molar-refractivity contribution is 5.96. The maximum atomic E-state index is 12.8. The van der Waals surface area contributed by atoms with Crippen LogP contribution in [-0.4, -0.2) is 82.8 Å². The number of nitrogens with one attached hydrogen (secondary N) is 4. The van der Waals surface area contributed by atoms with Crippen molar-refractivity contribution in [1.29, 1.82) is 0 Å². The van der Waals surface area contributed by atoms with Crippen LogP contribution < -0.4 is 21.3 Å². The maximum absolute atomic E-state index is 12.8. The van der Waals surface area contributed by atoms with Crippen LogP contribution in [0.15, 0.2) is 0 Å². The molecule has 12 heteroatoms. The first-order valence-electron chi connectivity index (χ1n) is 10.2. The number of nitrogens with zero attached hydrogens (tertiary/aromatic N) is 1. The van der Waals surface area contributed by atoms with Gasteiger partial charge in [-0.25, -0.2) is 0 Å². The third-order valence-corrected chi connectivity index (χ3v) is 4.75. The van der Waals surface area contributed by atoms with Crippen LogP contribution in [0.25, 0.3) is 0 Å². The molecule has 1 heterocycles. The molecule has 0 saturated carbocycles. The van der Waals surface area contributed by atoms with Gasteiger partial charge in [-0.3, -0.25) is 28.8 Å². The quantitative estimate of drug-likeness (QED) is 0.263. The summed E-state index contributed by atoms with van der Waals surface area (Å²) in [6.07, 6.45) is 0.235. The van der Waals surface area contributed by atoms with Crippen LogP contribution in [0.2, 0.25) is 0 Å². The largest absolute Gasteiger partial charge is 0.481 e. The number of likely N-dealkylation sites (N-methyl/N-ethyl adjacent to an activating group) is 1. The van der Waals surface area contributed by atoms with E-state index in [0.29, 0.717) is 19.4 Å². The number of carbonyl (C=O) groups excluding carboxylic acids is 5. The fourth-order valence-corrected chi connectivity index (χ4v) is 3.23. The van der Waals surface area contributed by atoms with Gasteiger partial charge < -0.3 is 31.3 Å². The van der Waals surface area contributed by atoms with Crippen LogP contribution in [0.5, 0.6) is 0 Å². The van der Waals surface area contributed by atoms with Gasteiger partial charge in [-0.05, 0) is 33.6 Å². The molecule has 1 saturated heterocycles. The van der Waals surface area contributed by atoms with E-state index in [1.807, 2.05) is 0 Å². The number of aliphatic carboxylic acids is 1. The van der Waals surface area contributed by atoms with E-state index in [-0.39, 0.29) is 12.5 Å². The van der Waals surface area contributed by atoms with Crippen molar-refractivity contribution in [3.63, 3.8) is 0 Å². The van der Waals surface area contributed by atoms with Crippen molar-refractivity contribution < 1.29 is 33.9 Å². The van der Waals surface area contributed by atoms with Crippen molar-refractivity contribution >= 4 is 35.5 Å². The normalized spacial score (nSPS) is 18.3. The standard InChI is InChI=1S/C19H31N5O7/c1-5-20-16(28)10(2)21-17(29)11(3)22-18(30)14-7-6-8-24(14)19(31)13(9-15(26)27)23-12(4)25/h10-11,13-14H,5-9H2,1-4H3,(H,20,28)(H,21,29)(H,22,30)(H,23,25)(H,26,27)/t10-,11-,13-,14-/m0/s1. The molecule has 1 rings (SSSR count). The summed E-state index contributed by atoms with van der Waals surface area (Å²) in [7, 11) is 0. The third-order valence-electron chi connectivity index (χ3n) is 4.75. The average molecular weight is 441 g/mol. The highest BCUT2D eigenvalue weighted by atomic mass is 16.4. The Labute approximate surface area is 180 Å². The van der Waals surface area contributed by atoms with Crippen LogP contribution in [0.3, 0.4) is 0 Å². The molecular weight excluding hydrogens is 410 g/mol. The molecule has 174 valence electrons. The molecule has 1 fully saturated rings. The summed E-state index contributed by atoms with van der Waals surface area (Å²) in [5.41, 5.74) is 0. The Balaban J connectivity index is 2.77. The smallest absolute Gasteiger partial charge is 0.305 e. The number of rotatable bonds is 10. The minimum absolute atomic E-state index is 0.224. The van der Waals surface area contributed by atoms with Crippen LogP contribution in [-0.2, 0) is 28.8 Å². The van der Waals surface area contributed by atoms with Crippen LogP contribution in [0, 0.1) is 0 Å². The molecule has 4 atom stereocenters. The zero-order valence-electron chi connectivity index (χ0n) is 18.2. The number of amides is 5. The number of hydrogen-bond acceptors (Lipinski definition) is 6. The Bertz CT molecular complexity index is 710. The van der Waals surface area contributed by atoms with Crippen molar-refractivity contribution in [2.24, 2.45) is 0 Å². The Morgan fingerprint density at radius 2 is 1.61 bits per heavy atom. The molecule has 31 heavy (non-hydrogen) atoms. The van der Waals surface area contributed by atoms with Crippen LogP contribution in [0.1, 0.15) is 47.0 Å². The summed E-state index contributed by atoms with van der Waals surface area (Å²) in [5.74, 6) is -3.99. The van der Waals surface area contributed by atoms with Gasteiger partial charge in [-0.15, -0.1) is 0 Å². The Morgan fingerprint density at radius 3 is 2.16 bits per heavy atom. The van der Waals surface area contributed by atoms with E-state index in [2.05, 4.69) is 21.3 Å². The van der Waals surface area contributed by atoms with Gasteiger partial charge in [0.1, 0.15) is 24.2 Å². The maximum Gasteiger partial charge on any atom is 0.305 e. The molecule has 0 unspecified atom stereocenters. The van der Waals surface area contributed by atoms with Gasteiger partial charge in [0.15, 0.2) is 0 Å². The molecule has 0 aromatic carbocycles. The third kappa shape index (κ3) is 7.87. The lowest BCUT2D eigenvalue weighted by Gasteiger charge is -2.28. The number of carboxylic acid groups (broad SMARTS) is 1. The molecule has 0 aromatic rings. The molecule has 0 spiro atoms. The predicted octanol–water partition coefficient (Wildman–Crippen LogP) is -1.90. The second-order valence-electron chi connectivity index (χ2n) is 7.40. The van der Waals surface area contributed by atoms with Gasteiger partial charge in [0.25, 0.3) is 0 Å². The lowest BCUT2D eigenvalue weighted by Crippen LogP contribution is -2.57. The first-order chi connectivity index (χ1) is 14.5. The van der Waals surface area contributed by atoms with E-state index >= 15 is 0 Å². The van der Waals surface area contributed by atoms with Gasteiger partial charge in [0.2, 0.25) is 29.5 Å². The van der Waals surface area contributed by atoms with Gasteiger partial charge in [-0.1, -0.05) is 0 Å². The molecule has 0 bridgehead atoms. The molecular formula is C19H31N5O7. The zero-order valence-corrected chi connectivity index (χ0v) is 18.2. The first kappa shape index (κ1) is 25.9. The highest BCUT2D eigenvalue weighted by Gasteiger charge is 2.38. The Kier molecular flexibility index (Phi) is 9.90. The van der Waals surface area contributed by atoms with Crippen LogP contribution in [0.4, 0.5) is 0 Å². The van der Waals surface area contributed by atoms with Crippen molar-refractivity contribution in [3.05, 3.63) is 0 Å². The first-order valence-corrected chi connectivity index (χ1v) is 10.2. The second-order valence-corrected chi connectivity index (χ2v) is 7.40. The Morgan fingerprint density at radius 1 is 1.00 bits per heavy atom. The molecule has 5 amide bonds. The summed E-state index contributed by atoms with van der Waals surface area (Å²) in [5, 5.41) is 18.9. The van der Waals surface area contributed by atoms with E-state index in [1.165, 1.54) is 25.7 Å². The molecule has 12 nitrogen and oxygen atoms in total. The van der Waals surface area contributed by atoms with Crippen molar-refractivity contribution in [3.8, 4) is 0 Å². The molecule has 1 aliphatic rings.